The van der Waals surface area contributed by atoms with Crippen molar-refractivity contribution in [3.63, 3.8) is 0 Å². The van der Waals surface area contributed by atoms with Gasteiger partial charge in [-0.3, -0.25) is 4.79 Å². The van der Waals surface area contributed by atoms with Crippen LogP contribution in [0.15, 0.2) is 30.3 Å². The van der Waals surface area contributed by atoms with Gasteiger partial charge in [-0.25, -0.2) is 0 Å². The zero-order chi connectivity index (χ0) is 19.4. The average molecular weight is 373 g/mol. The fourth-order valence-corrected chi connectivity index (χ4v) is 2.97. The van der Waals surface area contributed by atoms with Gasteiger partial charge in [0, 0.05) is 0 Å². The van der Waals surface area contributed by atoms with E-state index in [2.05, 4.69) is 5.32 Å². The zero-order valence-corrected chi connectivity index (χ0v) is 15.8. The standard InChI is InChI=1S/C20H23NO6/c1-12(13-5-7-15-17(11-13)27-10-9-26-15)21-20(22)14-6-8-16(23-2)19(25-4)18(14)24-3/h5-8,11-12H,9-10H2,1-4H3,(H,21,22)/t12-/m0/s1. The molecule has 1 aliphatic rings. The normalized spacial score (nSPS) is 13.5. The summed E-state index contributed by atoms with van der Waals surface area (Å²) >= 11 is 0. The number of hydrogen-bond acceptors (Lipinski definition) is 6. The van der Waals surface area contributed by atoms with Crippen molar-refractivity contribution in [1.82, 2.24) is 5.32 Å². The van der Waals surface area contributed by atoms with Gasteiger partial charge in [0.25, 0.3) is 5.91 Å². The highest BCUT2D eigenvalue weighted by Crippen LogP contribution is 2.40. The number of nitrogens with one attached hydrogen (secondary N) is 1. The van der Waals surface area contributed by atoms with E-state index >= 15 is 0 Å². The fraction of sp³-hybridized carbons (Fsp3) is 0.350. The summed E-state index contributed by atoms with van der Waals surface area (Å²) in [7, 11) is 4.51. The van der Waals surface area contributed by atoms with E-state index in [1.807, 2.05) is 25.1 Å². The maximum absolute atomic E-state index is 12.8. The molecular weight excluding hydrogens is 350 g/mol. The van der Waals surface area contributed by atoms with Crippen LogP contribution in [0.25, 0.3) is 0 Å². The Balaban J connectivity index is 1.83. The number of carbonyl (C=O) groups is 1. The zero-order valence-electron chi connectivity index (χ0n) is 15.8. The highest BCUT2D eigenvalue weighted by Gasteiger charge is 2.22. The topological polar surface area (TPSA) is 75.3 Å². The van der Waals surface area contributed by atoms with Gasteiger partial charge in [0.2, 0.25) is 5.75 Å². The van der Waals surface area contributed by atoms with Crippen molar-refractivity contribution in [2.24, 2.45) is 0 Å². The van der Waals surface area contributed by atoms with Crippen LogP contribution in [0.5, 0.6) is 28.7 Å². The Morgan fingerprint density at radius 2 is 1.67 bits per heavy atom. The quantitative estimate of drug-likeness (QED) is 0.839. The van der Waals surface area contributed by atoms with Crippen molar-refractivity contribution in [1.29, 1.82) is 0 Å². The summed E-state index contributed by atoms with van der Waals surface area (Å²) in [6.07, 6.45) is 0. The van der Waals surface area contributed by atoms with E-state index in [1.165, 1.54) is 21.3 Å². The van der Waals surface area contributed by atoms with Crippen molar-refractivity contribution >= 4 is 5.91 Å². The summed E-state index contributed by atoms with van der Waals surface area (Å²) in [5, 5.41) is 2.97. The Bertz CT molecular complexity index is 835. The maximum atomic E-state index is 12.8. The van der Waals surface area contributed by atoms with Crippen LogP contribution < -0.4 is 29.0 Å². The van der Waals surface area contributed by atoms with Gasteiger partial charge >= 0.3 is 0 Å². The Kier molecular flexibility index (Phi) is 5.59. The summed E-state index contributed by atoms with van der Waals surface area (Å²) in [6.45, 7) is 2.95. The molecule has 0 spiro atoms. The van der Waals surface area contributed by atoms with Crippen molar-refractivity contribution in [3.05, 3.63) is 41.5 Å². The van der Waals surface area contributed by atoms with Gasteiger partial charge in [-0.05, 0) is 36.8 Å². The van der Waals surface area contributed by atoms with Gasteiger partial charge in [-0.1, -0.05) is 6.07 Å². The second kappa shape index (κ2) is 8.07. The number of fused-ring (bicyclic) bond motifs is 1. The molecule has 144 valence electrons. The maximum Gasteiger partial charge on any atom is 0.255 e. The number of rotatable bonds is 6. The number of carbonyl (C=O) groups excluding carboxylic acids is 1. The van der Waals surface area contributed by atoms with E-state index in [0.717, 1.165) is 5.56 Å². The number of benzene rings is 2. The van der Waals surface area contributed by atoms with Crippen molar-refractivity contribution in [2.45, 2.75) is 13.0 Å². The SMILES string of the molecule is COc1ccc(C(=O)N[C@@H](C)c2ccc3c(c2)OCCO3)c(OC)c1OC. The molecule has 1 amide bonds. The highest BCUT2D eigenvalue weighted by molar-refractivity contribution is 5.98. The molecule has 0 saturated heterocycles. The van der Waals surface area contributed by atoms with Gasteiger partial charge in [0.15, 0.2) is 23.0 Å². The lowest BCUT2D eigenvalue weighted by molar-refractivity contribution is 0.0936. The van der Waals surface area contributed by atoms with E-state index in [4.69, 9.17) is 23.7 Å². The van der Waals surface area contributed by atoms with Crippen LogP contribution in [0.1, 0.15) is 28.9 Å². The van der Waals surface area contributed by atoms with Gasteiger partial charge < -0.3 is 29.0 Å². The monoisotopic (exact) mass is 373 g/mol. The number of ether oxygens (including phenoxy) is 5. The first kappa shape index (κ1) is 18.7. The van der Waals surface area contributed by atoms with Crippen molar-refractivity contribution in [2.75, 3.05) is 34.5 Å². The molecule has 0 radical (unpaired) electrons. The molecule has 3 rings (SSSR count). The van der Waals surface area contributed by atoms with Crippen LogP contribution in [-0.2, 0) is 0 Å². The second-order valence-electron chi connectivity index (χ2n) is 5.98. The molecule has 0 aromatic heterocycles. The minimum Gasteiger partial charge on any atom is -0.493 e. The molecule has 1 aliphatic heterocycles. The molecule has 7 nitrogen and oxygen atoms in total. The van der Waals surface area contributed by atoms with Crippen LogP contribution in [0.2, 0.25) is 0 Å². The Morgan fingerprint density at radius 3 is 2.33 bits per heavy atom. The first-order chi connectivity index (χ1) is 13.1. The van der Waals surface area contributed by atoms with Gasteiger partial charge in [0.1, 0.15) is 13.2 Å². The predicted octanol–water partition coefficient (Wildman–Crippen LogP) is 2.97. The van der Waals surface area contributed by atoms with Crippen LogP contribution >= 0.6 is 0 Å². The van der Waals surface area contributed by atoms with E-state index in [-0.39, 0.29) is 11.9 Å². The molecule has 1 heterocycles. The largest absolute Gasteiger partial charge is 0.493 e. The Morgan fingerprint density at radius 1 is 0.963 bits per heavy atom. The van der Waals surface area contributed by atoms with Crippen LogP contribution in [-0.4, -0.2) is 40.5 Å². The third kappa shape index (κ3) is 3.72. The average Bonchev–Trinajstić information content (AvgIpc) is 2.71. The molecule has 7 heteroatoms. The predicted molar refractivity (Wildman–Crippen MR) is 99.4 cm³/mol. The van der Waals surface area contributed by atoms with Gasteiger partial charge in [0.05, 0.1) is 32.9 Å². The fourth-order valence-electron chi connectivity index (χ4n) is 2.97. The highest BCUT2D eigenvalue weighted by atomic mass is 16.6. The molecule has 2 aromatic rings. The third-order valence-electron chi connectivity index (χ3n) is 4.36. The lowest BCUT2D eigenvalue weighted by Crippen LogP contribution is -2.27. The molecule has 1 atom stereocenters. The third-order valence-corrected chi connectivity index (χ3v) is 4.36. The van der Waals surface area contributed by atoms with Crippen LogP contribution in [0.4, 0.5) is 0 Å². The molecule has 0 fully saturated rings. The Labute approximate surface area is 158 Å². The first-order valence-electron chi connectivity index (χ1n) is 8.58. The number of amides is 1. The van der Waals surface area contributed by atoms with Crippen molar-refractivity contribution in [3.8, 4) is 28.7 Å². The Hall–Kier alpha value is -3.09. The summed E-state index contributed by atoms with van der Waals surface area (Å²) in [5.74, 6) is 2.30. The molecule has 0 saturated carbocycles. The molecule has 1 N–H and O–H groups in total. The summed E-state index contributed by atoms with van der Waals surface area (Å²) < 4.78 is 27.1. The summed E-state index contributed by atoms with van der Waals surface area (Å²) in [4.78, 5) is 12.8. The van der Waals surface area contributed by atoms with E-state index in [0.29, 0.717) is 47.5 Å². The summed E-state index contributed by atoms with van der Waals surface area (Å²) in [6, 6.07) is 8.71. The molecule has 27 heavy (non-hydrogen) atoms. The molecule has 0 unspecified atom stereocenters. The lowest BCUT2D eigenvalue weighted by atomic mass is 10.1. The second-order valence-corrected chi connectivity index (χ2v) is 5.98. The van der Waals surface area contributed by atoms with Crippen LogP contribution in [0, 0.1) is 0 Å². The van der Waals surface area contributed by atoms with E-state index in [9.17, 15) is 4.79 Å². The molecular formula is C20H23NO6. The minimum absolute atomic E-state index is 0.244. The van der Waals surface area contributed by atoms with Crippen LogP contribution in [0.3, 0.4) is 0 Å². The molecule has 0 aliphatic carbocycles. The minimum atomic E-state index is -0.282. The summed E-state index contributed by atoms with van der Waals surface area (Å²) in [5.41, 5.74) is 1.27. The van der Waals surface area contributed by atoms with E-state index < -0.39 is 0 Å². The van der Waals surface area contributed by atoms with Gasteiger partial charge in [-0.2, -0.15) is 0 Å². The lowest BCUT2D eigenvalue weighted by Gasteiger charge is -2.21. The molecule has 2 aromatic carbocycles. The smallest absolute Gasteiger partial charge is 0.255 e. The van der Waals surface area contributed by atoms with Crippen molar-refractivity contribution < 1.29 is 28.5 Å². The molecule has 0 bridgehead atoms. The van der Waals surface area contributed by atoms with Gasteiger partial charge in [-0.15, -0.1) is 0 Å². The number of hydrogen-bond donors (Lipinski definition) is 1. The number of methoxy groups -OCH3 is 3. The first-order valence-corrected chi connectivity index (χ1v) is 8.58. The van der Waals surface area contributed by atoms with E-state index in [1.54, 1.807) is 12.1 Å².